The number of aromatic nitrogens is 4. The molecule has 2 aromatic heterocycles. The lowest BCUT2D eigenvalue weighted by molar-refractivity contribution is 0.194. The molecule has 0 atom stereocenters. The molecular formula is C23H21N5O6S. The lowest BCUT2D eigenvalue weighted by Crippen LogP contribution is -2.17. The van der Waals surface area contributed by atoms with Crippen molar-refractivity contribution in [2.75, 3.05) is 20.3 Å². The van der Waals surface area contributed by atoms with Gasteiger partial charge in [0.1, 0.15) is 11.5 Å². The summed E-state index contributed by atoms with van der Waals surface area (Å²) >= 11 is 0. The van der Waals surface area contributed by atoms with Crippen molar-refractivity contribution in [1.29, 1.82) is 0 Å². The Morgan fingerprint density at radius 3 is 2.29 bits per heavy atom. The first-order valence-electron chi connectivity index (χ1n) is 10.3. The Morgan fingerprint density at radius 1 is 0.886 bits per heavy atom. The minimum atomic E-state index is -4.36. The number of benzene rings is 2. The fourth-order valence-electron chi connectivity index (χ4n) is 3.25. The van der Waals surface area contributed by atoms with E-state index < -0.39 is 10.0 Å². The molecule has 0 fully saturated rings. The molecule has 0 saturated carbocycles. The molecule has 180 valence electrons. The molecule has 4 aromatic rings. The van der Waals surface area contributed by atoms with Crippen molar-refractivity contribution in [3.8, 4) is 45.9 Å². The van der Waals surface area contributed by atoms with Gasteiger partial charge in [0.25, 0.3) is 0 Å². The molecule has 0 amide bonds. The minimum Gasteiger partial charge on any atom is -0.493 e. The molecule has 4 rings (SSSR count). The molecule has 0 aliphatic carbocycles. The summed E-state index contributed by atoms with van der Waals surface area (Å²) in [7, 11) is -2.88. The van der Waals surface area contributed by atoms with Crippen LogP contribution in [0.15, 0.2) is 72.0 Å². The molecule has 0 unspecified atom stereocenters. The number of sulfonamides is 1. The van der Waals surface area contributed by atoms with Crippen LogP contribution in [0.2, 0.25) is 0 Å². The van der Waals surface area contributed by atoms with Gasteiger partial charge in [0, 0.05) is 24.2 Å². The van der Waals surface area contributed by atoms with Crippen LogP contribution in [-0.4, -0.2) is 53.8 Å². The number of aliphatic hydroxyl groups is 1. The van der Waals surface area contributed by atoms with Crippen LogP contribution in [0, 0.1) is 0 Å². The smallest absolute Gasteiger partial charge is 0.242 e. The van der Waals surface area contributed by atoms with Crippen LogP contribution in [0.3, 0.4) is 0 Å². The normalized spacial score (nSPS) is 11.2. The fraction of sp³-hybridized carbons (Fsp3) is 0.130. The average molecular weight is 496 g/mol. The predicted octanol–water partition coefficient (Wildman–Crippen LogP) is 2.42. The van der Waals surface area contributed by atoms with E-state index >= 15 is 0 Å². The number of nitrogens with zero attached hydrogens (tertiary/aromatic N) is 4. The zero-order valence-corrected chi connectivity index (χ0v) is 19.3. The number of rotatable bonds is 9. The Kier molecular flexibility index (Phi) is 7.15. The molecule has 0 saturated heterocycles. The first-order chi connectivity index (χ1) is 16.9. The maximum Gasteiger partial charge on any atom is 0.242 e. The van der Waals surface area contributed by atoms with Gasteiger partial charge in [0.2, 0.25) is 10.0 Å². The molecule has 2 aromatic carbocycles. The molecule has 0 aliphatic heterocycles. The highest BCUT2D eigenvalue weighted by Gasteiger charge is 2.27. The summed E-state index contributed by atoms with van der Waals surface area (Å²) in [5, 5.41) is 14.9. The molecule has 3 N–H and O–H groups in total. The zero-order valence-electron chi connectivity index (χ0n) is 18.5. The second-order valence-corrected chi connectivity index (χ2v) is 8.48. The fourth-order valence-corrected chi connectivity index (χ4v) is 4.14. The van der Waals surface area contributed by atoms with E-state index in [0.29, 0.717) is 11.5 Å². The van der Waals surface area contributed by atoms with Crippen LogP contribution in [0.25, 0.3) is 22.9 Å². The number of nitrogens with two attached hydrogens (primary N) is 1. The third kappa shape index (κ3) is 5.35. The molecule has 2 heterocycles. The minimum absolute atomic E-state index is 0.0522. The SMILES string of the molecule is COc1ccccc1Oc1ccc(-c2ccnc(-c3ncccn3)n2)c(S(N)(=O)=O)c1OCCO. The van der Waals surface area contributed by atoms with E-state index in [0.717, 1.165) is 0 Å². The summed E-state index contributed by atoms with van der Waals surface area (Å²) in [5.74, 6) is 1.07. The third-order valence-corrected chi connectivity index (χ3v) is 5.66. The lowest BCUT2D eigenvalue weighted by Gasteiger charge is -2.18. The Hall–Kier alpha value is -4.13. The largest absolute Gasteiger partial charge is 0.493 e. The average Bonchev–Trinajstić information content (AvgIpc) is 2.88. The number of primary sulfonamides is 1. The topological polar surface area (TPSA) is 160 Å². The maximum absolute atomic E-state index is 12.8. The first kappa shape index (κ1) is 24.0. The van der Waals surface area contributed by atoms with Crippen molar-refractivity contribution >= 4 is 10.0 Å². The van der Waals surface area contributed by atoms with Crippen LogP contribution >= 0.6 is 0 Å². The molecule has 0 bridgehead atoms. The summed E-state index contributed by atoms with van der Waals surface area (Å²) in [6.07, 6.45) is 4.53. The van der Waals surface area contributed by atoms with Gasteiger partial charge in [0.05, 0.1) is 19.4 Å². The highest BCUT2D eigenvalue weighted by Crippen LogP contribution is 2.43. The van der Waals surface area contributed by atoms with Crippen molar-refractivity contribution in [3.63, 3.8) is 0 Å². The maximum atomic E-state index is 12.8. The number of hydrogen-bond acceptors (Lipinski definition) is 10. The van der Waals surface area contributed by atoms with Crippen molar-refractivity contribution in [3.05, 3.63) is 67.1 Å². The second-order valence-electron chi connectivity index (χ2n) is 6.98. The van der Waals surface area contributed by atoms with E-state index in [1.54, 1.807) is 42.7 Å². The molecule has 0 spiro atoms. The Morgan fingerprint density at radius 2 is 1.60 bits per heavy atom. The summed E-state index contributed by atoms with van der Waals surface area (Å²) in [6, 6.07) is 13.0. The van der Waals surface area contributed by atoms with Crippen LogP contribution in [0.5, 0.6) is 23.0 Å². The number of ether oxygens (including phenoxy) is 3. The molecule has 0 aliphatic rings. The van der Waals surface area contributed by atoms with E-state index in [2.05, 4.69) is 19.9 Å². The van der Waals surface area contributed by atoms with Crippen molar-refractivity contribution < 1.29 is 27.7 Å². The van der Waals surface area contributed by atoms with Crippen LogP contribution in [-0.2, 0) is 10.0 Å². The van der Waals surface area contributed by atoms with Gasteiger partial charge in [-0.05, 0) is 36.4 Å². The molecule has 35 heavy (non-hydrogen) atoms. The molecular weight excluding hydrogens is 474 g/mol. The van der Waals surface area contributed by atoms with E-state index in [4.69, 9.17) is 19.3 Å². The highest BCUT2D eigenvalue weighted by molar-refractivity contribution is 7.89. The number of hydrogen-bond donors (Lipinski definition) is 2. The van der Waals surface area contributed by atoms with Gasteiger partial charge in [-0.3, -0.25) is 0 Å². The van der Waals surface area contributed by atoms with E-state index in [1.807, 2.05) is 0 Å². The van der Waals surface area contributed by atoms with Crippen LogP contribution in [0.4, 0.5) is 0 Å². The lowest BCUT2D eigenvalue weighted by atomic mass is 10.1. The molecule has 11 nitrogen and oxygen atoms in total. The van der Waals surface area contributed by atoms with Crippen LogP contribution in [0.1, 0.15) is 0 Å². The quantitative estimate of drug-likeness (QED) is 0.353. The van der Waals surface area contributed by atoms with Crippen molar-refractivity contribution in [1.82, 2.24) is 19.9 Å². The Bertz CT molecular complexity index is 1430. The Balaban J connectivity index is 1.89. The van der Waals surface area contributed by atoms with Crippen molar-refractivity contribution in [2.24, 2.45) is 5.14 Å². The van der Waals surface area contributed by atoms with E-state index in [-0.39, 0.29) is 52.5 Å². The third-order valence-electron chi connectivity index (χ3n) is 4.68. The van der Waals surface area contributed by atoms with E-state index in [9.17, 15) is 13.5 Å². The number of aliphatic hydroxyl groups excluding tert-OH is 1. The monoisotopic (exact) mass is 495 g/mol. The van der Waals surface area contributed by atoms with E-state index in [1.165, 1.54) is 31.5 Å². The summed E-state index contributed by atoms with van der Waals surface area (Å²) in [5.41, 5.74) is 0.386. The standard InChI is InChI=1S/C23H21N5O6S/c1-32-17-5-2-3-6-18(17)34-19-8-7-15(21(35(24,30)31)20(19)33-14-13-29)16-9-12-27-23(28-16)22-25-10-4-11-26-22/h2-12,29H,13-14H2,1H3,(H2,24,30,31). The highest BCUT2D eigenvalue weighted by atomic mass is 32.2. The predicted molar refractivity (Wildman–Crippen MR) is 126 cm³/mol. The summed E-state index contributed by atoms with van der Waals surface area (Å²) in [4.78, 5) is 16.5. The summed E-state index contributed by atoms with van der Waals surface area (Å²) in [6.45, 7) is -0.577. The van der Waals surface area contributed by atoms with Gasteiger partial charge < -0.3 is 19.3 Å². The van der Waals surface area contributed by atoms with Gasteiger partial charge in [-0.15, -0.1) is 0 Å². The summed E-state index contributed by atoms with van der Waals surface area (Å²) < 4.78 is 42.4. The molecule has 12 heteroatoms. The van der Waals surface area contributed by atoms with Gasteiger partial charge in [0.15, 0.2) is 34.6 Å². The first-order valence-corrected chi connectivity index (χ1v) is 11.8. The number of methoxy groups -OCH3 is 1. The van der Waals surface area contributed by atoms with Gasteiger partial charge in [-0.25, -0.2) is 33.5 Å². The molecule has 0 radical (unpaired) electrons. The Labute approximate surface area is 201 Å². The van der Waals surface area contributed by atoms with Gasteiger partial charge >= 0.3 is 0 Å². The number of para-hydroxylation sites is 2. The van der Waals surface area contributed by atoms with Crippen molar-refractivity contribution in [2.45, 2.75) is 4.90 Å². The second kappa shape index (κ2) is 10.4. The zero-order chi connectivity index (χ0) is 24.8. The van der Waals surface area contributed by atoms with Gasteiger partial charge in [-0.1, -0.05) is 12.1 Å². The van der Waals surface area contributed by atoms with Gasteiger partial charge in [-0.2, -0.15) is 0 Å². The van der Waals surface area contributed by atoms with Crippen LogP contribution < -0.4 is 19.3 Å².